The summed E-state index contributed by atoms with van der Waals surface area (Å²) in [5.74, 6) is 0. The van der Waals surface area contributed by atoms with E-state index < -0.39 is 6.23 Å². The summed E-state index contributed by atoms with van der Waals surface area (Å²) in [7, 11) is 0. The quantitative estimate of drug-likeness (QED) is 0.651. The van der Waals surface area contributed by atoms with Crippen LogP contribution in [0.1, 0.15) is 47.0 Å². The zero-order valence-corrected chi connectivity index (χ0v) is 8.54. The minimum atomic E-state index is -0.607. The van der Waals surface area contributed by atoms with Gasteiger partial charge >= 0.3 is 0 Å². The Hall–Kier alpha value is -0.440. The highest BCUT2D eigenvalue weighted by Gasteiger charge is 2.08. The first-order valence-corrected chi connectivity index (χ1v) is 4.56. The molecule has 0 aliphatic carbocycles. The van der Waals surface area contributed by atoms with E-state index in [1.807, 2.05) is 20.8 Å². The van der Waals surface area contributed by atoms with Gasteiger partial charge < -0.3 is 5.11 Å². The van der Waals surface area contributed by atoms with Crippen molar-refractivity contribution in [3.05, 3.63) is 0 Å². The highest BCUT2D eigenvalue weighted by atomic mass is 16.3. The van der Waals surface area contributed by atoms with E-state index in [-0.39, 0.29) is 5.54 Å². The number of hydrogen-bond acceptors (Lipinski definition) is 3. The molecule has 0 heterocycles. The standard InChI is InChI=1S/C9H20N2O/c1-5-6-7-8(12)10-11-9(2,3)4/h8,12H,5-7H2,1-4H3. The molecule has 0 aromatic heterocycles. The van der Waals surface area contributed by atoms with Crippen molar-refractivity contribution in [1.29, 1.82) is 0 Å². The lowest BCUT2D eigenvalue weighted by atomic mass is 10.1. The van der Waals surface area contributed by atoms with E-state index in [1.54, 1.807) is 0 Å². The van der Waals surface area contributed by atoms with Crippen LogP contribution >= 0.6 is 0 Å². The summed E-state index contributed by atoms with van der Waals surface area (Å²) in [6, 6.07) is 0. The molecule has 1 N–H and O–H groups in total. The summed E-state index contributed by atoms with van der Waals surface area (Å²) in [5.41, 5.74) is -0.173. The smallest absolute Gasteiger partial charge is 0.165 e. The van der Waals surface area contributed by atoms with Crippen LogP contribution in [0, 0.1) is 0 Å². The van der Waals surface area contributed by atoms with Crippen LogP contribution in [0.4, 0.5) is 0 Å². The van der Waals surface area contributed by atoms with Gasteiger partial charge in [-0.1, -0.05) is 13.3 Å². The van der Waals surface area contributed by atoms with E-state index in [1.165, 1.54) is 0 Å². The van der Waals surface area contributed by atoms with Crippen molar-refractivity contribution in [2.75, 3.05) is 0 Å². The fourth-order valence-electron chi connectivity index (χ4n) is 0.684. The molecule has 0 spiro atoms. The van der Waals surface area contributed by atoms with Gasteiger partial charge in [0.1, 0.15) is 0 Å². The Balaban J connectivity index is 3.68. The molecular weight excluding hydrogens is 152 g/mol. The van der Waals surface area contributed by atoms with Crippen LogP contribution in [0.3, 0.4) is 0 Å². The molecule has 0 aliphatic heterocycles. The van der Waals surface area contributed by atoms with E-state index in [2.05, 4.69) is 17.2 Å². The Labute approximate surface area is 74.9 Å². The number of unbranched alkanes of at least 4 members (excludes halogenated alkanes) is 1. The summed E-state index contributed by atoms with van der Waals surface area (Å²) in [4.78, 5) is 0. The van der Waals surface area contributed by atoms with Crippen LogP contribution in [-0.2, 0) is 0 Å². The van der Waals surface area contributed by atoms with Gasteiger partial charge in [-0.25, -0.2) is 0 Å². The largest absolute Gasteiger partial charge is 0.370 e. The number of nitrogens with zero attached hydrogens (tertiary/aromatic N) is 2. The predicted molar refractivity (Wildman–Crippen MR) is 50.1 cm³/mol. The summed E-state index contributed by atoms with van der Waals surface area (Å²) in [6.07, 6.45) is 2.20. The van der Waals surface area contributed by atoms with Gasteiger partial charge in [0.15, 0.2) is 6.23 Å². The fourth-order valence-corrected chi connectivity index (χ4v) is 0.684. The number of azo groups is 1. The number of aliphatic hydroxyl groups excluding tert-OH is 1. The zero-order chi connectivity index (χ0) is 9.61. The van der Waals surface area contributed by atoms with E-state index in [9.17, 15) is 5.11 Å². The Morgan fingerprint density at radius 3 is 2.33 bits per heavy atom. The maximum Gasteiger partial charge on any atom is 0.165 e. The van der Waals surface area contributed by atoms with Gasteiger partial charge in [0.2, 0.25) is 0 Å². The van der Waals surface area contributed by atoms with Crippen LogP contribution in [-0.4, -0.2) is 16.9 Å². The van der Waals surface area contributed by atoms with Gasteiger partial charge in [-0.15, -0.1) is 0 Å². The maximum atomic E-state index is 9.28. The van der Waals surface area contributed by atoms with Gasteiger partial charge in [-0.2, -0.15) is 10.2 Å². The second kappa shape index (κ2) is 5.25. The van der Waals surface area contributed by atoms with Crippen molar-refractivity contribution >= 4 is 0 Å². The molecule has 0 rings (SSSR count). The molecule has 3 heteroatoms. The molecule has 0 saturated heterocycles. The number of hydrogen-bond donors (Lipinski definition) is 1. The Kier molecular flexibility index (Phi) is 5.06. The monoisotopic (exact) mass is 172 g/mol. The van der Waals surface area contributed by atoms with E-state index in [0.29, 0.717) is 0 Å². The molecule has 0 amide bonds. The molecule has 1 unspecified atom stereocenters. The molecule has 1 atom stereocenters. The van der Waals surface area contributed by atoms with Gasteiger partial charge in [0.05, 0.1) is 5.54 Å². The number of aliphatic hydroxyl groups is 1. The molecule has 72 valence electrons. The van der Waals surface area contributed by atoms with Crippen LogP contribution in [0.5, 0.6) is 0 Å². The molecule has 0 aromatic rings. The van der Waals surface area contributed by atoms with Crippen molar-refractivity contribution in [2.24, 2.45) is 10.2 Å². The molecule has 12 heavy (non-hydrogen) atoms. The molecule has 3 nitrogen and oxygen atoms in total. The zero-order valence-electron chi connectivity index (χ0n) is 8.54. The Morgan fingerprint density at radius 1 is 1.33 bits per heavy atom. The summed E-state index contributed by atoms with van der Waals surface area (Å²) in [6.45, 7) is 7.97. The molecule has 0 bridgehead atoms. The van der Waals surface area contributed by atoms with E-state index >= 15 is 0 Å². The van der Waals surface area contributed by atoms with Gasteiger partial charge in [0, 0.05) is 0 Å². The topological polar surface area (TPSA) is 45.0 Å². The van der Waals surface area contributed by atoms with Gasteiger partial charge in [-0.3, -0.25) is 0 Å². The lowest BCUT2D eigenvalue weighted by molar-refractivity contribution is 0.158. The van der Waals surface area contributed by atoms with Crippen molar-refractivity contribution in [1.82, 2.24) is 0 Å². The third kappa shape index (κ3) is 7.66. The Morgan fingerprint density at radius 2 is 1.92 bits per heavy atom. The van der Waals surface area contributed by atoms with Gasteiger partial charge in [-0.05, 0) is 33.6 Å². The average Bonchev–Trinajstić information content (AvgIpc) is 1.95. The molecule has 0 saturated carbocycles. The first-order chi connectivity index (χ1) is 5.45. The normalized spacial score (nSPS) is 15.4. The summed E-state index contributed by atoms with van der Waals surface area (Å²) in [5, 5.41) is 17.1. The predicted octanol–water partition coefficient (Wildman–Crippen LogP) is 2.75. The molecule has 0 radical (unpaired) electrons. The van der Waals surface area contributed by atoms with Crippen LogP contribution in [0.2, 0.25) is 0 Å². The SMILES string of the molecule is CCCCC(O)N=NC(C)(C)C. The highest BCUT2D eigenvalue weighted by molar-refractivity contribution is 4.67. The van der Waals surface area contributed by atoms with Gasteiger partial charge in [0.25, 0.3) is 0 Å². The molecule has 0 fully saturated rings. The first kappa shape index (κ1) is 11.6. The lowest BCUT2D eigenvalue weighted by Gasteiger charge is -2.10. The lowest BCUT2D eigenvalue weighted by Crippen LogP contribution is -2.10. The van der Waals surface area contributed by atoms with Crippen LogP contribution in [0.25, 0.3) is 0 Å². The molecule has 0 aliphatic rings. The second-order valence-electron chi connectivity index (χ2n) is 4.01. The van der Waals surface area contributed by atoms with E-state index in [4.69, 9.17) is 0 Å². The summed E-state index contributed by atoms with van der Waals surface area (Å²) >= 11 is 0. The van der Waals surface area contributed by atoms with Crippen molar-refractivity contribution in [3.63, 3.8) is 0 Å². The minimum Gasteiger partial charge on any atom is -0.370 e. The van der Waals surface area contributed by atoms with E-state index in [0.717, 1.165) is 19.3 Å². The van der Waals surface area contributed by atoms with Crippen LogP contribution < -0.4 is 0 Å². The van der Waals surface area contributed by atoms with Crippen molar-refractivity contribution in [3.8, 4) is 0 Å². The van der Waals surface area contributed by atoms with Crippen molar-refractivity contribution < 1.29 is 5.11 Å². The van der Waals surface area contributed by atoms with Crippen molar-refractivity contribution in [2.45, 2.75) is 58.7 Å². The van der Waals surface area contributed by atoms with Crippen LogP contribution in [0.15, 0.2) is 10.2 Å². The first-order valence-electron chi connectivity index (χ1n) is 4.56. The number of rotatable bonds is 4. The Bertz CT molecular complexity index is 138. The molecule has 0 aromatic carbocycles. The molecular formula is C9H20N2O. The third-order valence-electron chi connectivity index (χ3n) is 1.31. The fraction of sp³-hybridized carbons (Fsp3) is 1.00. The second-order valence-corrected chi connectivity index (χ2v) is 4.01. The minimum absolute atomic E-state index is 0.173. The third-order valence-corrected chi connectivity index (χ3v) is 1.31. The summed E-state index contributed by atoms with van der Waals surface area (Å²) < 4.78 is 0. The highest BCUT2D eigenvalue weighted by Crippen LogP contribution is 2.09. The average molecular weight is 172 g/mol. The maximum absolute atomic E-state index is 9.28.